The third kappa shape index (κ3) is 5.42. The number of hydrogen-bond donors (Lipinski definition) is 2. The number of halogens is 1. The molecule has 10 nitrogen and oxygen atoms in total. The van der Waals surface area contributed by atoms with Crippen LogP contribution in [-0.4, -0.2) is 59.8 Å². The van der Waals surface area contributed by atoms with E-state index < -0.39 is 0 Å². The molecule has 1 aliphatic heterocycles. The Morgan fingerprint density at radius 1 is 1.03 bits per heavy atom. The number of unbranched alkanes of at least 4 members (excludes halogenated alkanes) is 1. The normalized spacial score (nSPS) is 15.0. The van der Waals surface area contributed by atoms with Gasteiger partial charge in [-0.25, -0.2) is 18.9 Å². The molecule has 0 spiro atoms. The van der Waals surface area contributed by atoms with Crippen LogP contribution in [0.2, 0.25) is 0 Å². The topological polar surface area (TPSA) is 118 Å². The first-order valence-electron chi connectivity index (χ1n) is 13.0. The lowest BCUT2D eigenvalue weighted by Crippen LogP contribution is -2.35. The summed E-state index contributed by atoms with van der Waals surface area (Å²) in [4.78, 5) is 23.8. The van der Waals surface area contributed by atoms with Gasteiger partial charge in [-0.2, -0.15) is 0 Å². The van der Waals surface area contributed by atoms with E-state index in [1.165, 1.54) is 12.1 Å². The number of benzene rings is 2. The van der Waals surface area contributed by atoms with Crippen LogP contribution in [0.15, 0.2) is 53.3 Å². The largest absolute Gasteiger partial charge is 0.494 e. The van der Waals surface area contributed by atoms with Gasteiger partial charge in [-0.3, -0.25) is 9.88 Å². The first-order valence-corrected chi connectivity index (χ1v) is 13.0. The number of rotatable bonds is 9. The van der Waals surface area contributed by atoms with Gasteiger partial charge in [0.05, 0.1) is 23.7 Å². The van der Waals surface area contributed by atoms with Gasteiger partial charge in [0.1, 0.15) is 11.6 Å². The minimum Gasteiger partial charge on any atom is -0.494 e. The van der Waals surface area contributed by atoms with Gasteiger partial charge in [-0.15, -0.1) is 5.10 Å². The number of fused-ring (bicyclic) bond motifs is 2. The molecule has 4 heterocycles. The summed E-state index contributed by atoms with van der Waals surface area (Å²) in [6.45, 7) is 3.34. The van der Waals surface area contributed by atoms with Crippen LogP contribution in [-0.2, 0) is 13.0 Å². The number of nitrogens with one attached hydrogen (secondary N) is 2. The van der Waals surface area contributed by atoms with Gasteiger partial charge in [0.15, 0.2) is 11.5 Å². The van der Waals surface area contributed by atoms with Crippen molar-refractivity contribution in [1.82, 2.24) is 40.1 Å². The molecule has 3 aromatic heterocycles. The number of pyridine rings is 1. The summed E-state index contributed by atoms with van der Waals surface area (Å²) in [6.07, 6.45) is 4.57. The molecule has 1 saturated heterocycles. The molecule has 196 valence electrons. The third-order valence-electron chi connectivity index (χ3n) is 7.11. The van der Waals surface area contributed by atoms with Crippen molar-refractivity contribution in [2.75, 3.05) is 19.7 Å². The van der Waals surface area contributed by atoms with Crippen molar-refractivity contribution in [2.24, 2.45) is 0 Å². The lowest BCUT2D eigenvalue weighted by molar-refractivity contribution is 0.170. The zero-order chi connectivity index (χ0) is 25.9. The third-order valence-corrected chi connectivity index (χ3v) is 7.11. The molecular formula is C27H29FN8O2. The number of H-pyrrole nitrogens is 2. The summed E-state index contributed by atoms with van der Waals surface area (Å²) in [7, 11) is 0. The van der Waals surface area contributed by atoms with Crippen LogP contribution in [0.3, 0.4) is 0 Å². The van der Waals surface area contributed by atoms with Gasteiger partial charge in [0.25, 0.3) is 0 Å². The van der Waals surface area contributed by atoms with Crippen LogP contribution in [0, 0.1) is 5.82 Å². The highest BCUT2D eigenvalue weighted by Crippen LogP contribution is 2.25. The number of imidazole rings is 1. The number of aromatic nitrogens is 7. The number of piperidine rings is 1. The molecule has 0 aliphatic carbocycles. The van der Waals surface area contributed by atoms with Crippen molar-refractivity contribution in [2.45, 2.75) is 44.7 Å². The van der Waals surface area contributed by atoms with Crippen molar-refractivity contribution < 1.29 is 9.13 Å². The average molecular weight is 517 g/mol. The maximum absolute atomic E-state index is 13.2. The minimum atomic E-state index is -0.266. The van der Waals surface area contributed by atoms with Gasteiger partial charge in [-0.1, -0.05) is 12.1 Å². The van der Waals surface area contributed by atoms with Crippen molar-refractivity contribution >= 4 is 22.1 Å². The van der Waals surface area contributed by atoms with Gasteiger partial charge < -0.3 is 9.72 Å². The first-order chi connectivity index (χ1) is 18.6. The Balaban J connectivity index is 0.968. The van der Waals surface area contributed by atoms with Crippen LogP contribution in [0.4, 0.5) is 4.39 Å². The molecule has 6 rings (SSSR count). The second-order valence-corrected chi connectivity index (χ2v) is 9.80. The molecule has 2 N–H and O–H groups in total. The summed E-state index contributed by atoms with van der Waals surface area (Å²) in [5, 5.41) is 13.4. The molecule has 0 saturated carbocycles. The van der Waals surface area contributed by atoms with Crippen LogP contribution in [0.1, 0.15) is 43.1 Å². The van der Waals surface area contributed by atoms with E-state index in [9.17, 15) is 9.18 Å². The van der Waals surface area contributed by atoms with E-state index in [4.69, 9.17) is 4.74 Å². The number of tetrazole rings is 1. The van der Waals surface area contributed by atoms with E-state index in [0.717, 1.165) is 79.8 Å². The van der Waals surface area contributed by atoms with Gasteiger partial charge in [0.2, 0.25) is 0 Å². The fourth-order valence-electron chi connectivity index (χ4n) is 5.10. The van der Waals surface area contributed by atoms with Crippen molar-refractivity contribution in [3.63, 3.8) is 0 Å². The number of nitrogens with zero attached hydrogens (tertiary/aromatic N) is 6. The lowest BCUT2D eigenvalue weighted by atomic mass is 10.0. The Kier molecular flexibility index (Phi) is 6.82. The van der Waals surface area contributed by atoms with E-state index in [-0.39, 0.29) is 11.5 Å². The van der Waals surface area contributed by atoms with E-state index in [1.54, 1.807) is 0 Å². The molecule has 1 aliphatic rings. The second kappa shape index (κ2) is 10.7. The fourth-order valence-corrected chi connectivity index (χ4v) is 5.10. The monoisotopic (exact) mass is 516 g/mol. The Labute approximate surface area is 217 Å². The van der Waals surface area contributed by atoms with E-state index in [0.29, 0.717) is 23.8 Å². The Morgan fingerprint density at radius 2 is 1.87 bits per heavy atom. The molecule has 5 aromatic rings. The van der Waals surface area contributed by atoms with Crippen molar-refractivity contribution in [1.29, 1.82) is 0 Å². The number of aromatic amines is 2. The standard InChI is InChI=1S/C27H29FN8O2/c28-20-6-4-18(5-7-20)17-35-12-10-21(11-13-35)36-25(32-33-34-36)3-1-2-14-38-22-8-9-23-19(15-22)16-24-26(29-23)31-27(37)30-24/h4-9,15-16,21H,1-3,10-14,17H2,(H2,29,30,31,37). The SMILES string of the molecule is O=c1[nH]c2cc3cc(OCCCCc4nnnn4C4CCN(Cc5ccc(F)cc5)CC4)ccc3nc2[nH]1. The summed E-state index contributed by atoms with van der Waals surface area (Å²) in [6, 6.07) is 14.7. The van der Waals surface area contributed by atoms with Crippen LogP contribution in [0.5, 0.6) is 5.75 Å². The van der Waals surface area contributed by atoms with Crippen molar-refractivity contribution in [3.8, 4) is 5.75 Å². The maximum Gasteiger partial charge on any atom is 0.325 e. The van der Waals surface area contributed by atoms with E-state index >= 15 is 0 Å². The van der Waals surface area contributed by atoms with E-state index in [1.807, 2.05) is 41.1 Å². The minimum absolute atomic E-state index is 0.200. The summed E-state index contributed by atoms with van der Waals surface area (Å²) < 4.78 is 21.1. The Bertz CT molecular complexity index is 1580. The highest BCUT2D eigenvalue weighted by atomic mass is 19.1. The highest BCUT2D eigenvalue weighted by Gasteiger charge is 2.23. The van der Waals surface area contributed by atoms with Gasteiger partial charge >= 0.3 is 5.69 Å². The van der Waals surface area contributed by atoms with Crippen LogP contribution >= 0.6 is 0 Å². The summed E-state index contributed by atoms with van der Waals surface area (Å²) in [5.74, 6) is 1.49. The Morgan fingerprint density at radius 3 is 2.71 bits per heavy atom. The molecule has 0 bridgehead atoms. The van der Waals surface area contributed by atoms with Crippen LogP contribution < -0.4 is 10.4 Å². The number of likely N-dealkylation sites (tertiary alicyclic amines) is 1. The molecule has 38 heavy (non-hydrogen) atoms. The highest BCUT2D eigenvalue weighted by molar-refractivity contribution is 5.89. The molecule has 0 amide bonds. The van der Waals surface area contributed by atoms with Gasteiger partial charge in [0, 0.05) is 31.4 Å². The summed E-state index contributed by atoms with van der Waals surface area (Å²) in [5.41, 5.74) is 2.89. The second-order valence-electron chi connectivity index (χ2n) is 9.80. The molecule has 0 radical (unpaired) electrons. The predicted molar refractivity (Wildman–Crippen MR) is 140 cm³/mol. The molecule has 11 heteroatoms. The van der Waals surface area contributed by atoms with E-state index in [2.05, 4.69) is 35.4 Å². The lowest BCUT2D eigenvalue weighted by Gasteiger charge is -2.32. The number of aryl methyl sites for hydroxylation is 1. The maximum atomic E-state index is 13.2. The number of hydrogen-bond acceptors (Lipinski definition) is 7. The summed E-state index contributed by atoms with van der Waals surface area (Å²) >= 11 is 0. The van der Waals surface area contributed by atoms with Crippen molar-refractivity contribution in [3.05, 3.63) is 76.2 Å². The zero-order valence-electron chi connectivity index (χ0n) is 20.9. The van der Waals surface area contributed by atoms with Gasteiger partial charge in [-0.05, 0) is 78.1 Å². The molecule has 2 aromatic carbocycles. The molecule has 0 atom stereocenters. The fraction of sp³-hybridized carbons (Fsp3) is 0.370. The quantitative estimate of drug-likeness (QED) is 0.286. The number of ether oxygens (including phenoxy) is 1. The van der Waals surface area contributed by atoms with Crippen LogP contribution in [0.25, 0.3) is 22.1 Å². The molecular weight excluding hydrogens is 487 g/mol. The smallest absolute Gasteiger partial charge is 0.325 e. The first kappa shape index (κ1) is 24.2. The average Bonchev–Trinajstić information content (AvgIpc) is 3.54. The Hall–Kier alpha value is -4.12. The molecule has 0 unspecified atom stereocenters. The zero-order valence-corrected chi connectivity index (χ0v) is 20.9. The predicted octanol–water partition coefficient (Wildman–Crippen LogP) is 3.77. The molecule has 1 fully saturated rings.